The molecule has 0 radical (unpaired) electrons. The molecule has 1 aliphatic heterocycles. The fourth-order valence-corrected chi connectivity index (χ4v) is 6.32. The first-order valence-corrected chi connectivity index (χ1v) is 14.5. The Bertz CT molecular complexity index is 1540. The largest absolute Gasteiger partial charge is 0.323 e. The van der Waals surface area contributed by atoms with E-state index in [1.165, 1.54) is 5.56 Å². The second-order valence-electron chi connectivity index (χ2n) is 9.78. The van der Waals surface area contributed by atoms with Crippen LogP contribution in [0.3, 0.4) is 0 Å². The van der Waals surface area contributed by atoms with Crippen molar-refractivity contribution in [3.63, 3.8) is 0 Å². The zero-order chi connectivity index (χ0) is 26.2. The number of benzene rings is 2. The smallest absolute Gasteiger partial charge is 0.232 e. The van der Waals surface area contributed by atoms with Gasteiger partial charge in [-0.2, -0.15) is 14.6 Å². The van der Waals surface area contributed by atoms with Gasteiger partial charge in [-0.05, 0) is 87.5 Å². The number of anilines is 2. The van der Waals surface area contributed by atoms with E-state index in [9.17, 15) is 8.42 Å². The van der Waals surface area contributed by atoms with Gasteiger partial charge in [0, 0.05) is 17.5 Å². The fourth-order valence-electron chi connectivity index (χ4n) is 4.78. The summed E-state index contributed by atoms with van der Waals surface area (Å²) in [7, 11) is -3.50. The number of hydrogen-bond donors (Lipinski definition) is 2. The van der Waals surface area contributed by atoms with Crippen molar-refractivity contribution in [2.45, 2.75) is 56.1 Å². The van der Waals surface area contributed by atoms with Crippen LogP contribution in [0.4, 0.5) is 11.6 Å². The Morgan fingerprint density at radius 2 is 1.89 bits per heavy atom. The molecule has 8 nitrogen and oxygen atoms in total. The number of hydrogen-bond acceptors (Lipinski definition) is 7. The van der Waals surface area contributed by atoms with Crippen LogP contribution in [0.1, 0.15) is 55.1 Å². The lowest BCUT2D eigenvalue weighted by Gasteiger charge is -2.25. The van der Waals surface area contributed by atoms with Crippen molar-refractivity contribution in [2.75, 3.05) is 18.4 Å². The number of rotatable bonds is 7. The van der Waals surface area contributed by atoms with Crippen LogP contribution in [0, 0.1) is 6.92 Å². The molecule has 194 valence electrons. The van der Waals surface area contributed by atoms with Crippen LogP contribution in [0.5, 0.6) is 0 Å². The summed E-state index contributed by atoms with van der Waals surface area (Å²) in [5.41, 5.74) is 4.48. The normalized spacial score (nSPS) is 14.9. The molecule has 0 unspecified atom stereocenters. The van der Waals surface area contributed by atoms with Crippen LogP contribution >= 0.6 is 11.6 Å². The van der Waals surface area contributed by atoms with Gasteiger partial charge in [-0.25, -0.2) is 13.4 Å². The molecular formula is C27H31ClN6O2S. The molecule has 3 heterocycles. The van der Waals surface area contributed by atoms with Crippen LogP contribution in [0.25, 0.3) is 5.65 Å². The van der Waals surface area contributed by atoms with Crippen molar-refractivity contribution in [3.8, 4) is 0 Å². The predicted molar refractivity (Wildman–Crippen MR) is 147 cm³/mol. The first-order chi connectivity index (χ1) is 17.7. The molecule has 37 heavy (non-hydrogen) atoms. The number of nitrogens with zero attached hydrogens (tertiary/aromatic N) is 4. The molecular weight excluding hydrogens is 508 g/mol. The molecule has 0 spiro atoms. The summed E-state index contributed by atoms with van der Waals surface area (Å²) in [5.74, 6) is 1.46. The van der Waals surface area contributed by atoms with E-state index in [-0.39, 0.29) is 4.90 Å². The van der Waals surface area contributed by atoms with Gasteiger partial charge in [-0.3, -0.25) is 0 Å². The van der Waals surface area contributed by atoms with Crippen molar-refractivity contribution in [2.24, 2.45) is 0 Å². The van der Waals surface area contributed by atoms with Gasteiger partial charge in [0.25, 0.3) is 0 Å². The molecule has 5 rings (SSSR count). The van der Waals surface area contributed by atoms with Crippen molar-refractivity contribution >= 4 is 38.7 Å². The van der Waals surface area contributed by atoms with Gasteiger partial charge in [-0.15, -0.1) is 0 Å². The molecule has 10 heteroatoms. The molecule has 4 aromatic rings. The highest BCUT2D eigenvalue weighted by atomic mass is 35.5. The quantitative estimate of drug-likeness (QED) is 0.339. The maximum Gasteiger partial charge on any atom is 0.232 e. The summed E-state index contributed by atoms with van der Waals surface area (Å²) in [6.45, 7) is 7.46. The summed E-state index contributed by atoms with van der Waals surface area (Å²) in [4.78, 5) is 9.67. The van der Waals surface area contributed by atoms with Crippen LogP contribution in [-0.4, -0.2) is 46.3 Å². The van der Waals surface area contributed by atoms with Gasteiger partial charge in [0.15, 0.2) is 15.5 Å². The average Bonchev–Trinajstić information content (AvgIpc) is 3.36. The molecule has 0 amide bonds. The fraction of sp³-hybridized carbons (Fsp3) is 0.370. The average molecular weight is 539 g/mol. The molecule has 2 N–H and O–H groups in total. The van der Waals surface area contributed by atoms with E-state index >= 15 is 0 Å². The van der Waals surface area contributed by atoms with Crippen molar-refractivity contribution in [1.82, 2.24) is 24.9 Å². The van der Waals surface area contributed by atoms with Gasteiger partial charge in [-0.1, -0.05) is 29.8 Å². The lowest BCUT2D eigenvalue weighted by Crippen LogP contribution is -2.26. The first-order valence-electron chi connectivity index (χ1n) is 12.5. The molecule has 2 aromatic heterocycles. The van der Waals surface area contributed by atoms with E-state index in [1.807, 2.05) is 6.07 Å². The Morgan fingerprint density at radius 3 is 2.65 bits per heavy atom. The Kier molecular flexibility index (Phi) is 7.20. The standard InChI is InChI=1S/C27H31ClN6O2S/c1-17(2)37(35,36)24-7-5-4-6-23(24)31-27-33-25(32-26-10-13-30-34(26)27)16-20-15-22(28)21(14-18(20)3)19-8-11-29-12-9-19/h4-7,10,13-15,17,19,29H,8-9,11-12,16H2,1-3H3,(H,31,32,33). The summed E-state index contributed by atoms with van der Waals surface area (Å²) >= 11 is 6.76. The highest BCUT2D eigenvalue weighted by Crippen LogP contribution is 2.34. The molecule has 0 aliphatic carbocycles. The third kappa shape index (κ3) is 5.21. The Hall–Kier alpha value is -3.01. The molecule has 2 aromatic carbocycles. The van der Waals surface area contributed by atoms with Crippen molar-refractivity contribution in [1.29, 1.82) is 0 Å². The summed E-state index contributed by atoms with van der Waals surface area (Å²) in [6.07, 6.45) is 4.30. The Labute approximate surface area is 222 Å². The Morgan fingerprint density at radius 1 is 1.14 bits per heavy atom. The second-order valence-corrected chi connectivity index (χ2v) is 12.7. The second kappa shape index (κ2) is 10.4. The van der Waals surface area contributed by atoms with Crippen LogP contribution < -0.4 is 10.6 Å². The highest BCUT2D eigenvalue weighted by molar-refractivity contribution is 7.92. The highest BCUT2D eigenvalue weighted by Gasteiger charge is 2.24. The number of aromatic nitrogens is 4. The summed E-state index contributed by atoms with van der Waals surface area (Å²) in [5, 5.41) is 11.2. The monoisotopic (exact) mass is 538 g/mol. The Balaban J connectivity index is 1.49. The maximum atomic E-state index is 13.0. The van der Waals surface area contributed by atoms with Gasteiger partial charge < -0.3 is 10.6 Å². The number of aryl methyl sites for hydroxylation is 1. The van der Waals surface area contributed by atoms with Gasteiger partial charge in [0.1, 0.15) is 5.82 Å². The van der Waals surface area contributed by atoms with Crippen LogP contribution in [0.2, 0.25) is 5.02 Å². The number of fused-ring (bicyclic) bond motifs is 1. The third-order valence-electron chi connectivity index (χ3n) is 6.95. The van der Waals surface area contributed by atoms with E-state index < -0.39 is 15.1 Å². The van der Waals surface area contributed by atoms with Gasteiger partial charge >= 0.3 is 0 Å². The van der Waals surface area contributed by atoms with Crippen molar-refractivity contribution in [3.05, 3.63) is 76.2 Å². The zero-order valence-corrected chi connectivity index (χ0v) is 22.8. The molecule has 0 bridgehead atoms. The minimum absolute atomic E-state index is 0.224. The minimum Gasteiger partial charge on any atom is -0.323 e. The van der Waals surface area contributed by atoms with E-state index in [0.29, 0.717) is 35.4 Å². The van der Waals surface area contributed by atoms with E-state index in [1.54, 1.807) is 54.9 Å². The van der Waals surface area contributed by atoms with Gasteiger partial charge in [0.2, 0.25) is 5.95 Å². The van der Waals surface area contributed by atoms with Crippen LogP contribution in [-0.2, 0) is 16.3 Å². The molecule has 1 aliphatic rings. The summed E-state index contributed by atoms with van der Waals surface area (Å²) in [6, 6.07) is 12.9. The van der Waals surface area contributed by atoms with E-state index in [0.717, 1.165) is 42.1 Å². The lowest BCUT2D eigenvalue weighted by atomic mass is 9.88. The number of nitrogens with one attached hydrogen (secondary N) is 2. The predicted octanol–water partition coefficient (Wildman–Crippen LogP) is 5.07. The molecule has 1 saturated heterocycles. The lowest BCUT2D eigenvalue weighted by molar-refractivity contribution is 0.460. The number of sulfone groups is 1. The number of halogens is 1. The number of para-hydroxylation sites is 1. The van der Waals surface area contributed by atoms with Crippen LogP contribution in [0.15, 0.2) is 53.6 Å². The minimum atomic E-state index is -3.50. The SMILES string of the molecule is Cc1cc(C2CCNCC2)c(Cl)cc1Cc1nc(Nc2ccccc2S(=O)(=O)C(C)C)n2nccc2n1. The topological polar surface area (TPSA) is 101 Å². The molecule has 1 fully saturated rings. The summed E-state index contributed by atoms with van der Waals surface area (Å²) < 4.78 is 27.5. The van der Waals surface area contributed by atoms with E-state index in [4.69, 9.17) is 21.6 Å². The molecule has 0 saturated carbocycles. The van der Waals surface area contributed by atoms with E-state index in [2.05, 4.69) is 28.7 Å². The van der Waals surface area contributed by atoms with Gasteiger partial charge in [0.05, 0.1) is 22.0 Å². The first kappa shape index (κ1) is 25.6. The third-order valence-corrected chi connectivity index (χ3v) is 9.48. The van der Waals surface area contributed by atoms with Crippen molar-refractivity contribution < 1.29 is 8.42 Å². The maximum absolute atomic E-state index is 13.0. The number of piperidine rings is 1. The zero-order valence-electron chi connectivity index (χ0n) is 21.2. The molecule has 0 atom stereocenters.